The van der Waals surface area contributed by atoms with Crippen LogP contribution in [0.5, 0.6) is 0 Å². The zero-order valence-electron chi connectivity index (χ0n) is 12.7. The topological polar surface area (TPSA) is 29.9 Å². The molecule has 1 aromatic carbocycles. The van der Waals surface area contributed by atoms with Crippen molar-refractivity contribution in [2.24, 2.45) is 7.05 Å². The van der Waals surface area contributed by atoms with Crippen LogP contribution in [0.15, 0.2) is 24.3 Å². The smallest absolute Gasteiger partial charge is 0.128 e. The molecular formula is C16H21ClFN3. The molecule has 0 saturated carbocycles. The van der Waals surface area contributed by atoms with Gasteiger partial charge in [-0.2, -0.15) is 5.10 Å². The number of hydrogen-bond donors (Lipinski definition) is 1. The fraction of sp³-hybridized carbons (Fsp3) is 0.438. The zero-order chi connectivity index (χ0) is 15.4. The van der Waals surface area contributed by atoms with Crippen molar-refractivity contribution in [3.05, 3.63) is 52.1 Å². The molecule has 0 fully saturated rings. The SMILES string of the molecule is CCNC(Cc1cc(CC)nn1C)c1cc(Cl)ccc1F. The van der Waals surface area contributed by atoms with E-state index in [4.69, 9.17) is 11.6 Å². The third-order valence-electron chi connectivity index (χ3n) is 3.59. The molecule has 0 aliphatic carbocycles. The summed E-state index contributed by atoms with van der Waals surface area (Å²) in [5, 5.41) is 8.32. The Hall–Kier alpha value is -1.39. The highest BCUT2D eigenvalue weighted by Gasteiger charge is 2.18. The monoisotopic (exact) mass is 309 g/mol. The molecule has 0 radical (unpaired) electrons. The summed E-state index contributed by atoms with van der Waals surface area (Å²) in [5.41, 5.74) is 2.73. The molecule has 5 heteroatoms. The van der Waals surface area contributed by atoms with Gasteiger partial charge in [0.1, 0.15) is 5.82 Å². The highest BCUT2D eigenvalue weighted by atomic mass is 35.5. The summed E-state index contributed by atoms with van der Waals surface area (Å²) in [7, 11) is 1.92. The molecule has 0 aliphatic heterocycles. The van der Waals surface area contributed by atoms with E-state index in [1.165, 1.54) is 6.07 Å². The van der Waals surface area contributed by atoms with E-state index < -0.39 is 0 Å². The lowest BCUT2D eigenvalue weighted by Crippen LogP contribution is -2.24. The van der Waals surface area contributed by atoms with Crippen molar-refractivity contribution in [3.63, 3.8) is 0 Å². The predicted molar refractivity (Wildman–Crippen MR) is 84.1 cm³/mol. The van der Waals surface area contributed by atoms with Crippen molar-refractivity contribution in [1.82, 2.24) is 15.1 Å². The molecule has 1 unspecified atom stereocenters. The third-order valence-corrected chi connectivity index (χ3v) is 3.82. The average molecular weight is 310 g/mol. The van der Waals surface area contributed by atoms with Crippen LogP contribution in [-0.2, 0) is 19.9 Å². The van der Waals surface area contributed by atoms with Crippen molar-refractivity contribution in [1.29, 1.82) is 0 Å². The van der Waals surface area contributed by atoms with Gasteiger partial charge in [-0.25, -0.2) is 4.39 Å². The summed E-state index contributed by atoms with van der Waals surface area (Å²) in [4.78, 5) is 0. The van der Waals surface area contributed by atoms with Crippen LogP contribution in [0.25, 0.3) is 0 Å². The summed E-state index contributed by atoms with van der Waals surface area (Å²) in [6, 6.07) is 6.65. The van der Waals surface area contributed by atoms with Gasteiger partial charge in [-0.1, -0.05) is 25.4 Å². The summed E-state index contributed by atoms with van der Waals surface area (Å²) in [5.74, 6) is -0.233. The van der Waals surface area contributed by atoms with Crippen LogP contribution >= 0.6 is 11.6 Å². The van der Waals surface area contributed by atoms with E-state index in [0.29, 0.717) is 17.0 Å². The molecule has 0 spiro atoms. The van der Waals surface area contributed by atoms with Crippen LogP contribution in [0.4, 0.5) is 4.39 Å². The van der Waals surface area contributed by atoms with Gasteiger partial charge in [-0.05, 0) is 37.2 Å². The van der Waals surface area contributed by atoms with E-state index in [1.807, 2.05) is 18.7 Å². The number of halogens is 2. The number of likely N-dealkylation sites (N-methyl/N-ethyl adjacent to an activating group) is 1. The van der Waals surface area contributed by atoms with Crippen LogP contribution in [0.1, 0.15) is 36.8 Å². The Morgan fingerprint density at radius 3 is 2.71 bits per heavy atom. The number of nitrogens with zero attached hydrogens (tertiary/aromatic N) is 2. The molecule has 0 aliphatic rings. The van der Waals surface area contributed by atoms with Crippen LogP contribution in [-0.4, -0.2) is 16.3 Å². The zero-order valence-corrected chi connectivity index (χ0v) is 13.4. The largest absolute Gasteiger partial charge is 0.310 e. The Bertz CT molecular complexity index is 610. The number of aromatic nitrogens is 2. The molecule has 2 rings (SSSR count). The highest BCUT2D eigenvalue weighted by molar-refractivity contribution is 6.30. The Morgan fingerprint density at radius 2 is 2.10 bits per heavy atom. The van der Waals surface area contributed by atoms with Crippen molar-refractivity contribution in [3.8, 4) is 0 Å². The maximum atomic E-state index is 14.1. The van der Waals surface area contributed by atoms with Crippen LogP contribution in [0.2, 0.25) is 5.02 Å². The molecule has 1 N–H and O–H groups in total. The van der Waals surface area contributed by atoms with Crippen molar-refractivity contribution in [2.45, 2.75) is 32.7 Å². The summed E-state index contributed by atoms with van der Waals surface area (Å²) in [6.07, 6.45) is 1.57. The fourth-order valence-corrected chi connectivity index (χ4v) is 2.65. The number of nitrogens with one attached hydrogen (secondary N) is 1. The van der Waals surface area contributed by atoms with Gasteiger partial charge < -0.3 is 5.32 Å². The minimum Gasteiger partial charge on any atom is -0.310 e. The summed E-state index contributed by atoms with van der Waals surface area (Å²) < 4.78 is 16.0. The van der Waals surface area contributed by atoms with Crippen LogP contribution in [0, 0.1) is 5.82 Å². The molecule has 1 heterocycles. The van der Waals surface area contributed by atoms with E-state index in [1.54, 1.807) is 12.1 Å². The standard InChI is InChI=1S/C16H21ClFN3/c1-4-12-9-13(21(3)20-12)10-16(19-5-2)14-8-11(17)6-7-15(14)18/h6-9,16,19H,4-5,10H2,1-3H3. The molecule has 114 valence electrons. The average Bonchev–Trinajstić information content (AvgIpc) is 2.82. The molecule has 0 saturated heterocycles. The van der Waals surface area contributed by atoms with Gasteiger partial charge in [-0.3, -0.25) is 4.68 Å². The molecule has 21 heavy (non-hydrogen) atoms. The first-order chi connectivity index (χ1) is 10.0. The molecule has 0 bridgehead atoms. The summed E-state index contributed by atoms with van der Waals surface area (Å²) >= 11 is 6.01. The first-order valence-corrected chi connectivity index (χ1v) is 7.63. The first kappa shape index (κ1) is 16.0. The minimum atomic E-state index is -0.233. The van der Waals surface area contributed by atoms with Gasteiger partial charge in [0.05, 0.1) is 5.69 Å². The molecular weight excluding hydrogens is 289 g/mol. The number of hydrogen-bond acceptors (Lipinski definition) is 2. The van der Waals surface area contributed by atoms with E-state index in [9.17, 15) is 4.39 Å². The lowest BCUT2D eigenvalue weighted by atomic mass is 10.0. The maximum absolute atomic E-state index is 14.1. The molecule has 3 nitrogen and oxygen atoms in total. The van der Waals surface area contributed by atoms with Gasteiger partial charge in [0, 0.05) is 35.8 Å². The Balaban J connectivity index is 2.30. The number of rotatable bonds is 6. The van der Waals surface area contributed by atoms with Gasteiger partial charge in [-0.15, -0.1) is 0 Å². The first-order valence-electron chi connectivity index (χ1n) is 7.25. The van der Waals surface area contributed by atoms with Crippen LogP contribution in [0.3, 0.4) is 0 Å². The molecule has 1 aromatic heterocycles. The second kappa shape index (κ2) is 7.05. The normalized spacial score (nSPS) is 12.6. The van der Waals surface area contributed by atoms with Gasteiger partial charge >= 0.3 is 0 Å². The predicted octanol–water partition coefficient (Wildman–Crippen LogP) is 3.67. The van der Waals surface area contributed by atoms with Gasteiger partial charge in [0.25, 0.3) is 0 Å². The maximum Gasteiger partial charge on any atom is 0.128 e. The number of benzene rings is 1. The van der Waals surface area contributed by atoms with Gasteiger partial charge in [0.15, 0.2) is 0 Å². The van der Waals surface area contributed by atoms with Crippen molar-refractivity contribution >= 4 is 11.6 Å². The minimum absolute atomic E-state index is 0.117. The van der Waals surface area contributed by atoms with E-state index in [2.05, 4.69) is 23.4 Å². The number of aryl methyl sites for hydroxylation is 2. The second-order valence-electron chi connectivity index (χ2n) is 5.08. The van der Waals surface area contributed by atoms with Gasteiger partial charge in [0.2, 0.25) is 0 Å². The Labute approximate surface area is 130 Å². The molecule has 1 atom stereocenters. The summed E-state index contributed by atoms with van der Waals surface area (Å²) in [6.45, 7) is 4.84. The molecule has 2 aromatic rings. The molecule has 0 amide bonds. The van der Waals surface area contributed by atoms with Crippen molar-refractivity contribution in [2.75, 3.05) is 6.54 Å². The third kappa shape index (κ3) is 3.83. The second-order valence-corrected chi connectivity index (χ2v) is 5.52. The Kier molecular flexibility index (Phi) is 5.37. The highest BCUT2D eigenvalue weighted by Crippen LogP contribution is 2.24. The van der Waals surface area contributed by atoms with E-state index in [0.717, 1.165) is 24.4 Å². The van der Waals surface area contributed by atoms with Crippen molar-refractivity contribution < 1.29 is 4.39 Å². The lowest BCUT2D eigenvalue weighted by molar-refractivity contribution is 0.497. The van der Waals surface area contributed by atoms with E-state index >= 15 is 0 Å². The lowest BCUT2D eigenvalue weighted by Gasteiger charge is -2.19. The Morgan fingerprint density at radius 1 is 1.33 bits per heavy atom. The van der Waals surface area contributed by atoms with Crippen LogP contribution < -0.4 is 5.32 Å². The van der Waals surface area contributed by atoms with E-state index in [-0.39, 0.29) is 11.9 Å². The quantitative estimate of drug-likeness (QED) is 0.882. The fourth-order valence-electron chi connectivity index (χ4n) is 2.46.